The molecule has 0 radical (unpaired) electrons. The number of unbranched alkanes of at least 4 members (excludes halogenated alkanes) is 1. The molecule has 3 heterocycles. The van der Waals surface area contributed by atoms with Gasteiger partial charge in [0, 0.05) is 18.8 Å². The molecule has 0 bridgehead atoms. The monoisotopic (exact) mass is 464 g/mol. The van der Waals surface area contributed by atoms with Gasteiger partial charge in [0.1, 0.15) is 0 Å². The van der Waals surface area contributed by atoms with Crippen molar-refractivity contribution < 1.29 is 9.53 Å². The number of nitrogens with zero attached hydrogens (tertiary/aromatic N) is 6. The number of fused-ring (bicyclic) bond motifs is 2. The molecule has 0 atom stereocenters. The normalized spacial score (nSPS) is 14.3. The first kappa shape index (κ1) is 24.1. The Kier molecular flexibility index (Phi) is 7.77. The summed E-state index contributed by atoms with van der Waals surface area (Å²) in [6.45, 7) is 13.4. The van der Waals surface area contributed by atoms with Crippen molar-refractivity contribution in [1.82, 2.24) is 24.7 Å². The lowest BCUT2D eigenvalue weighted by molar-refractivity contribution is 0.0491. The third kappa shape index (κ3) is 4.92. The van der Waals surface area contributed by atoms with Crippen LogP contribution in [0.4, 0.5) is 5.69 Å². The molecule has 0 unspecified atom stereocenters. The van der Waals surface area contributed by atoms with Crippen molar-refractivity contribution in [3.63, 3.8) is 0 Å². The fraction of sp³-hybridized carbons (Fsp3) is 0.538. The Labute approximate surface area is 201 Å². The Bertz CT molecular complexity index is 1180. The standard InChI is InChI=1S/C26H36N6O2/c1-5-9-15-34-26(33)24-21(25-28-27-23(32(25)29-24)18-30(6-2)7-3)17-19-12-13-22-20(16-19)11-10-14-31(22)8-4/h12-13,16-17H,5-11,14-15,18H2,1-4H3/b21-17-. The van der Waals surface area contributed by atoms with Gasteiger partial charge in [0.05, 0.1) is 18.4 Å². The Morgan fingerprint density at radius 1 is 1.18 bits per heavy atom. The second kappa shape index (κ2) is 11.0. The van der Waals surface area contributed by atoms with Gasteiger partial charge in [-0.3, -0.25) is 4.90 Å². The minimum atomic E-state index is -0.408. The molecule has 0 aliphatic carbocycles. The molecule has 0 amide bonds. The summed E-state index contributed by atoms with van der Waals surface area (Å²) in [6.07, 6.45) is 6.01. The van der Waals surface area contributed by atoms with Crippen LogP contribution in [-0.4, -0.2) is 63.5 Å². The second-order valence-corrected chi connectivity index (χ2v) is 8.78. The number of carbonyl (C=O) groups is 1. The smallest absolute Gasteiger partial charge is 0.359 e. The van der Waals surface area contributed by atoms with Crippen molar-refractivity contribution in [3.05, 3.63) is 46.1 Å². The van der Waals surface area contributed by atoms with Crippen molar-refractivity contribution in [2.24, 2.45) is 0 Å². The maximum Gasteiger partial charge on any atom is 0.359 e. The minimum Gasteiger partial charge on any atom is -0.461 e. The Morgan fingerprint density at radius 3 is 2.74 bits per heavy atom. The number of hydrogen-bond acceptors (Lipinski definition) is 7. The summed E-state index contributed by atoms with van der Waals surface area (Å²) in [4.78, 5) is 17.6. The van der Waals surface area contributed by atoms with Crippen LogP contribution in [0.15, 0.2) is 18.2 Å². The van der Waals surface area contributed by atoms with Gasteiger partial charge >= 0.3 is 5.97 Å². The summed E-state index contributed by atoms with van der Waals surface area (Å²) in [5, 5.41) is 14.1. The molecule has 1 aliphatic rings. The fourth-order valence-electron chi connectivity index (χ4n) is 4.53. The summed E-state index contributed by atoms with van der Waals surface area (Å²) < 4.78 is 7.23. The summed E-state index contributed by atoms with van der Waals surface area (Å²) >= 11 is 0. The quantitative estimate of drug-likeness (QED) is 0.337. The van der Waals surface area contributed by atoms with Crippen molar-refractivity contribution >= 4 is 23.4 Å². The zero-order valence-electron chi connectivity index (χ0n) is 20.9. The van der Waals surface area contributed by atoms with E-state index in [0.717, 1.165) is 63.3 Å². The van der Waals surface area contributed by atoms with E-state index in [2.05, 4.69) is 71.0 Å². The third-order valence-corrected chi connectivity index (χ3v) is 6.60. The highest BCUT2D eigenvalue weighted by Crippen LogP contribution is 2.28. The lowest BCUT2D eigenvalue weighted by Gasteiger charge is -2.30. The zero-order valence-corrected chi connectivity index (χ0v) is 20.9. The van der Waals surface area contributed by atoms with E-state index in [1.165, 1.54) is 11.3 Å². The van der Waals surface area contributed by atoms with Crippen molar-refractivity contribution in [2.75, 3.05) is 37.7 Å². The van der Waals surface area contributed by atoms with E-state index >= 15 is 0 Å². The molecule has 3 aromatic rings. The van der Waals surface area contributed by atoms with Gasteiger partial charge in [-0.1, -0.05) is 33.3 Å². The first-order chi connectivity index (χ1) is 16.6. The summed E-state index contributed by atoms with van der Waals surface area (Å²) in [5.74, 6) is 0.319. The number of aromatic nitrogens is 4. The zero-order chi connectivity index (χ0) is 24.1. The van der Waals surface area contributed by atoms with Crippen molar-refractivity contribution in [2.45, 2.75) is 59.9 Å². The Morgan fingerprint density at radius 2 is 2.00 bits per heavy atom. The van der Waals surface area contributed by atoms with E-state index in [-0.39, 0.29) is 0 Å². The molecule has 4 rings (SSSR count). The topological polar surface area (TPSA) is 75.9 Å². The molecule has 0 fully saturated rings. The van der Waals surface area contributed by atoms with Crippen LogP contribution >= 0.6 is 0 Å². The van der Waals surface area contributed by atoms with Crippen LogP contribution in [0, 0.1) is 0 Å². The molecule has 0 N–H and O–H groups in total. The number of carbonyl (C=O) groups excluding carboxylic acids is 1. The first-order valence-electron chi connectivity index (χ1n) is 12.6. The molecule has 8 heteroatoms. The number of aryl methyl sites for hydroxylation is 1. The van der Waals surface area contributed by atoms with Gasteiger partial charge < -0.3 is 9.64 Å². The molecular formula is C26H36N6O2. The maximum absolute atomic E-state index is 13.0. The average Bonchev–Trinajstić information content (AvgIpc) is 3.42. The van der Waals surface area contributed by atoms with Crippen LogP contribution in [0.3, 0.4) is 0 Å². The third-order valence-electron chi connectivity index (χ3n) is 6.60. The van der Waals surface area contributed by atoms with Gasteiger partial charge in [-0.2, -0.15) is 9.61 Å². The molecule has 8 nitrogen and oxygen atoms in total. The highest BCUT2D eigenvalue weighted by Gasteiger charge is 2.22. The highest BCUT2D eigenvalue weighted by atomic mass is 16.5. The first-order valence-corrected chi connectivity index (χ1v) is 12.6. The minimum absolute atomic E-state index is 0.301. The van der Waals surface area contributed by atoms with Gasteiger partial charge in [0.2, 0.25) is 0 Å². The lowest BCUT2D eigenvalue weighted by atomic mass is 9.99. The van der Waals surface area contributed by atoms with Gasteiger partial charge in [0.25, 0.3) is 0 Å². The highest BCUT2D eigenvalue weighted by molar-refractivity contribution is 5.90. The van der Waals surface area contributed by atoms with Crippen LogP contribution in [0.2, 0.25) is 0 Å². The molecule has 2 aromatic heterocycles. The van der Waals surface area contributed by atoms with Crippen LogP contribution in [-0.2, 0) is 17.7 Å². The Balaban J connectivity index is 1.78. The average molecular weight is 465 g/mol. The number of hydrogen-bond donors (Lipinski definition) is 0. The molecular weight excluding hydrogens is 428 g/mol. The number of ether oxygens (including phenoxy) is 1. The summed E-state index contributed by atoms with van der Waals surface area (Å²) in [6, 6.07) is 6.52. The molecule has 1 aliphatic heterocycles. The van der Waals surface area contributed by atoms with E-state index in [9.17, 15) is 4.79 Å². The second-order valence-electron chi connectivity index (χ2n) is 8.78. The Hall–Kier alpha value is -3.00. The van der Waals surface area contributed by atoms with Crippen LogP contribution < -0.4 is 10.1 Å². The van der Waals surface area contributed by atoms with Gasteiger partial charge in [-0.05, 0) is 68.6 Å². The van der Waals surface area contributed by atoms with Crippen LogP contribution in [0.5, 0.6) is 0 Å². The van der Waals surface area contributed by atoms with Crippen LogP contribution in [0.25, 0.3) is 11.7 Å². The van der Waals surface area contributed by atoms with E-state index in [0.29, 0.717) is 29.7 Å². The van der Waals surface area contributed by atoms with E-state index < -0.39 is 5.97 Å². The number of benzene rings is 1. The fourth-order valence-corrected chi connectivity index (χ4v) is 4.53. The van der Waals surface area contributed by atoms with Crippen LogP contribution in [0.1, 0.15) is 74.4 Å². The summed E-state index contributed by atoms with van der Waals surface area (Å²) in [5.41, 5.74) is 4.57. The predicted molar refractivity (Wildman–Crippen MR) is 134 cm³/mol. The number of esters is 1. The van der Waals surface area contributed by atoms with E-state index in [1.807, 2.05) is 6.08 Å². The number of anilines is 1. The van der Waals surface area contributed by atoms with Gasteiger partial charge in [-0.25, -0.2) is 4.79 Å². The van der Waals surface area contributed by atoms with Crippen molar-refractivity contribution in [3.8, 4) is 0 Å². The van der Waals surface area contributed by atoms with E-state index in [1.54, 1.807) is 4.52 Å². The number of rotatable bonds is 10. The molecule has 0 spiro atoms. The molecule has 0 saturated carbocycles. The SMILES string of the molecule is CCCCOC(=O)c1nn2c(CN(CC)CC)nnc2/c1=C\c1ccc2c(c1)CCCN2CC. The molecule has 1 aromatic carbocycles. The molecule has 34 heavy (non-hydrogen) atoms. The predicted octanol–water partition coefficient (Wildman–Crippen LogP) is 3.24. The molecule has 0 saturated heterocycles. The van der Waals surface area contributed by atoms with Gasteiger partial charge in [-0.15, -0.1) is 10.2 Å². The lowest BCUT2D eigenvalue weighted by Crippen LogP contribution is -2.28. The molecule has 182 valence electrons. The maximum atomic E-state index is 13.0. The summed E-state index contributed by atoms with van der Waals surface area (Å²) in [7, 11) is 0. The van der Waals surface area contributed by atoms with Gasteiger partial charge in [0.15, 0.2) is 17.2 Å². The van der Waals surface area contributed by atoms with Crippen molar-refractivity contribution in [1.29, 1.82) is 0 Å². The van der Waals surface area contributed by atoms with E-state index in [4.69, 9.17) is 4.74 Å². The largest absolute Gasteiger partial charge is 0.461 e.